The SMILES string of the molecule is CCOC(=O)c1ccccc1CC.O=C(O)c1ccccc1. The van der Waals surface area contributed by atoms with Gasteiger partial charge in [0.2, 0.25) is 0 Å². The Morgan fingerprint density at radius 2 is 1.55 bits per heavy atom. The number of carboxylic acid groups (broad SMARTS) is 1. The first kappa shape index (κ1) is 17.4. The predicted octanol–water partition coefficient (Wildman–Crippen LogP) is 3.81. The summed E-state index contributed by atoms with van der Waals surface area (Å²) in [6.45, 7) is 4.27. The zero-order valence-corrected chi connectivity index (χ0v) is 12.8. The first-order valence-electron chi connectivity index (χ1n) is 7.13. The van der Waals surface area contributed by atoms with Crippen molar-refractivity contribution in [1.82, 2.24) is 0 Å². The quantitative estimate of drug-likeness (QED) is 0.872. The summed E-state index contributed by atoms with van der Waals surface area (Å²) in [4.78, 5) is 21.6. The monoisotopic (exact) mass is 300 g/mol. The van der Waals surface area contributed by atoms with E-state index in [9.17, 15) is 9.59 Å². The molecule has 0 saturated carbocycles. The van der Waals surface area contributed by atoms with Crippen molar-refractivity contribution in [3.05, 3.63) is 71.3 Å². The van der Waals surface area contributed by atoms with E-state index in [1.165, 1.54) is 0 Å². The number of carbonyl (C=O) groups is 2. The van der Waals surface area contributed by atoms with E-state index in [0.29, 0.717) is 17.7 Å². The van der Waals surface area contributed by atoms with Crippen molar-refractivity contribution in [3.63, 3.8) is 0 Å². The third kappa shape index (κ3) is 5.40. The summed E-state index contributed by atoms with van der Waals surface area (Å²) < 4.78 is 4.93. The third-order valence-electron chi connectivity index (χ3n) is 2.91. The number of hydrogen-bond acceptors (Lipinski definition) is 3. The Hall–Kier alpha value is -2.62. The molecule has 2 rings (SSSR count). The molecule has 0 aromatic heterocycles. The minimum atomic E-state index is -0.879. The number of carboxylic acids is 1. The van der Waals surface area contributed by atoms with Crippen LogP contribution in [0.25, 0.3) is 0 Å². The second kappa shape index (κ2) is 9.34. The van der Waals surface area contributed by atoms with Crippen LogP contribution in [0.5, 0.6) is 0 Å². The fourth-order valence-electron chi connectivity index (χ4n) is 1.82. The normalized spacial score (nSPS) is 9.36. The van der Waals surface area contributed by atoms with Gasteiger partial charge in [-0.1, -0.05) is 43.3 Å². The number of aromatic carboxylic acids is 1. The van der Waals surface area contributed by atoms with Gasteiger partial charge < -0.3 is 9.84 Å². The van der Waals surface area contributed by atoms with Crippen molar-refractivity contribution >= 4 is 11.9 Å². The molecule has 0 aliphatic carbocycles. The molecule has 2 aromatic rings. The van der Waals surface area contributed by atoms with Crippen molar-refractivity contribution in [1.29, 1.82) is 0 Å². The van der Waals surface area contributed by atoms with E-state index < -0.39 is 5.97 Å². The molecule has 0 aliphatic rings. The van der Waals surface area contributed by atoms with E-state index in [-0.39, 0.29) is 5.97 Å². The second-order valence-electron chi connectivity index (χ2n) is 4.40. The Bertz CT molecular complexity index is 605. The molecule has 0 amide bonds. The predicted molar refractivity (Wildman–Crippen MR) is 85.2 cm³/mol. The average molecular weight is 300 g/mol. The van der Waals surface area contributed by atoms with Crippen molar-refractivity contribution in [2.45, 2.75) is 20.3 Å². The summed E-state index contributed by atoms with van der Waals surface area (Å²) >= 11 is 0. The Labute approximate surface area is 130 Å². The fraction of sp³-hybridized carbons (Fsp3) is 0.222. The number of benzene rings is 2. The van der Waals surface area contributed by atoms with Gasteiger partial charge in [0.1, 0.15) is 0 Å². The van der Waals surface area contributed by atoms with Gasteiger partial charge in [0, 0.05) is 0 Å². The second-order valence-corrected chi connectivity index (χ2v) is 4.40. The Morgan fingerprint density at radius 3 is 2.05 bits per heavy atom. The minimum Gasteiger partial charge on any atom is -0.478 e. The largest absolute Gasteiger partial charge is 0.478 e. The lowest BCUT2D eigenvalue weighted by molar-refractivity contribution is 0.0524. The van der Waals surface area contributed by atoms with Crippen molar-refractivity contribution < 1.29 is 19.4 Å². The molecule has 22 heavy (non-hydrogen) atoms. The van der Waals surface area contributed by atoms with Gasteiger partial charge in [-0.05, 0) is 37.1 Å². The molecule has 0 unspecified atom stereocenters. The van der Waals surface area contributed by atoms with E-state index in [2.05, 4.69) is 0 Å². The first-order chi connectivity index (χ1) is 10.6. The minimum absolute atomic E-state index is 0.222. The zero-order chi connectivity index (χ0) is 16.4. The van der Waals surface area contributed by atoms with Gasteiger partial charge in [-0.2, -0.15) is 0 Å². The van der Waals surface area contributed by atoms with Gasteiger partial charge in [0.25, 0.3) is 0 Å². The highest BCUT2D eigenvalue weighted by molar-refractivity contribution is 5.91. The maximum Gasteiger partial charge on any atom is 0.338 e. The molecular formula is C18H20O4. The highest BCUT2D eigenvalue weighted by Gasteiger charge is 2.09. The first-order valence-corrected chi connectivity index (χ1v) is 7.13. The van der Waals surface area contributed by atoms with Gasteiger partial charge in [-0.25, -0.2) is 9.59 Å². The highest BCUT2D eigenvalue weighted by atomic mass is 16.5. The number of aryl methyl sites for hydroxylation is 1. The van der Waals surface area contributed by atoms with Crippen LogP contribution in [0.3, 0.4) is 0 Å². The van der Waals surface area contributed by atoms with Crippen LogP contribution in [-0.4, -0.2) is 23.7 Å². The van der Waals surface area contributed by atoms with Gasteiger partial charge in [-0.3, -0.25) is 0 Å². The molecule has 0 spiro atoms. The number of hydrogen-bond donors (Lipinski definition) is 1. The maximum absolute atomic E-state index is 11.4. The van der Waals surface area contributed by atoms with Gasteiger partial charge in [-0.15, -0.1) is 0 Å². The molecule has 0 saturated heterocycles. The zero-order valence-electron chi connectivity index (χ0n) is 12.8. The Kier molecular flexibility index (Phi) is 7.40. The van der Waals surface area contributed by atoms with Gasteiger partial charge >= 0.3 is 11.9 Å². The Balaban J connectivity index is 0.000000235. The average Bonchev–Trinajstić information content (AvgIpc) is 2.56. The van der Waals surface area contributed by atoms with Crippen molar-refractivity contribution in [2.75, 3.05) is 6.61 Å². The molecule has 1 N–H and O–H groups in total. The standard InChI is InChI=1S/C11H14O2.C7H6O2/c1-3-9-7-5-6-8-10(9)11(12)13-4-2;8-7(9)6-4-2-1-3-5-6/h5-8H,3-4H2,1-2H3;1-5H,(H,8,9). The van der Waals surface area contributed by atoms with Crippen molar-refractivity contribution in [2.24, 2.45) is 0 Å². The van der Waals surface area contributed by atoms with Crippen molar-refractivity contribution in [3.8, 4) is 0 Å². The maximum atomic E-state index is 11.4. The van der Waals surface area contributed by atoms with E-state index in [0.717, 1.165) is 12.0 Å². The summed E-state index contributed by atoms with van der Waals surface area (Å²) in [5, 5.41) is 8.38. The topological polar surface area (TPSA) is 63.6 Å². The van der Waals surface area contributed by atoms with Crippen LogP contribution < -0.4 is 0 Å². The molecule has 4 heteroatoms. The number of esters is 1. The molecule has 2 aromatic carbocycles. The lowest BCUT2D eigenvalue weighted by Crippen LogP contribution is -2.07. The summed E-state index contributed by atoms with van der Waals surface area (Å²) in [5.74, 6) is -1.10. The van der Waals surface area contributed by atoms with E-state index in [4.69, 9.17) is 9.84 Å². The van der Waals surface area contributed by atoms with Crippen LogP contribution in [0.1, 0.15) is 40.1 Å². The smallest absolute Gasteiger partial charge is 0.338 e. The number of carbonyl (C=O) groups excluding carboxylic acids is 1. The van der Waals surface area contributed by atoms with Gasteiger partial charge in [0.05, 0.1) is 17.7 Å². The lowest BCUT2D eigenvalue weighted by Gasteiger charge is -2.05. The van der Waals surface area contributed by atoms with E-state index >= 15 is 0 Å². The molecule has 4 nitrogen and oxygen atoms in total. The molecule has 0 aliphatic heterocycles. The summed E-state index contributed by atoms with van der Waals surface area (Å²) in [5.41, 5.74) is 2.06. The molecule has 0 atom stereocenters. The summed E-state index contributed by atoms with van der Waals surface area (Å²) in [7, 11) is 0. The van der Waals surface area contributed by atoms with Crippen LogP contribution in [0.4, 0.5) is 0 Å². The third-order valence-corrected chi connectivity index (χ3v) is 2.91. The van der Waals surface area contributed by atoms with Crippen LogP contribution in [0.15, 0.2) is 54.6 Å². The molecule has 0 fully saturated rings. The van der Waals surface area contributed by atoms with Crippen LogP contribution in [0, 0.1) is 0 Å². The number of rotatable bonds is 4. The number of ether oxygens (including phenoxy) is 1. The summed E-state index contributed by atoms with van der Waals surface area (Å²) in [6, 6.07) is 15.8. The van der Waals surface area contributed by atoms with E-state index in [1.54, 1.807) is 36.4 Å². The fourth-order valence-corrected chi connectivity index (χ4v) is 1.82. The molecule has 0 bridgehead atoms. The lowest BCUT2D eigenvalue weighted by atomic mass is 10.1. The molecule has 0 heterocycles. The highest BCUT2D eigenvalue weighted by Crippen LogP contribution is 2.10. The van der Waals surface area contributed by atoms with Crippen LogP contribution in [0.2, 0.25) is 0 Å². The van der Waals surface area contributed by atoms with E-state index in [1.807, 2.05) is 32.0 Å². The van der Waals surface area contributed by atoms with Crippen LogP contribution in [-0.2, 0) is 11.2 Å². The van der Waals surface area contributed by atoms with Gasteiger partial charge in [0.15, 0.2) is 0 Å². The molecule has 0 radical (unpaired) electrons. The van der Waals surface area contributed by atoms with Crippen LogP contribution >= 0.6 is 0 Å². The molecule has 116 valence electrons. The molecular weight excluding hydrogens is 280 g/mol. The Morgan fingerprint density at radius 1 is 0.955 bits per heavy atom. The summed E-state index contributed by atoms with van der Waals surface area (Å²) in [6.07, 6.45) is 0.856.